The highest BCUT2D eigenvalue weighted by Gasteiger charge is 2.32. The van der Waals surface area contributed by atoms with Crippen molar-refractivity contribution in [2.75, 3.05) is 26.2 Å². The zero-order valence-electron chi connectivity index (χ0n) is 15.6. The molecule has 0 N–H and O–H groups in total. The Labute approximate surface area is 171 Å². The molecule has 1 fully saturated rings. The molecule has 0 amide bonds. The Kier molecular flexibility index (Phi) is 5.65. The number of rotatable bonds is 5. The van der Waals surface area contributed by atoms with Gasteiger partial charge in [0.2, 0.25) is 0 Å². The van der Waals surface area contributed by atoms with Crippen molar-refractivity contribution in [1.29, 1.82) is 0 Å². The number of alkyl halides is 3. The number of ether oxygens (including phenoxy) is 1. The molecule has 9 heteroatoms. The zero-order valence-corrected chi connectivity index (χ0v) is 16.3. The van der Waals surface area contributed by atoms with Gasteiger partial charge in [0.15, 0.2) is 5.65 Å². The fourth-order valence-electron chi connectivity index (χ4n) is 3.65. The molecule has 1 saturated heterocycles. The van der Waals surface area contributed by atoms with Crippen molar-refractivity contribution in [3.8, 4) is 5.75 Å². The minimum absolute atomic E-state index is 0.0257. The van der Waals surface area contributed by atoms with E-state index in [-0.39, 0.29) is 5.92 Å². The fraction of sp³-hybridized carbons (Fsp3) is 0.400. The highest BCUT2D eigenvalue weighted by atomic mass is 35.5. The van der Waals surface area contributed by atoms with Crippen LogP contribution in [0.2, 0.25) is 5.02 Å². The van der Waals surface area contributed by atoms with Crippen LogP contribution in [0.25, 0.3) is 5.65 Å². The maximum atomic E-state index is 13.1. The van der Waals surface area contributed by atoms with E-state index in [0.717, 1.165) is 43.9 Å². The number of hydrogen-bond donors (Lipinski definition) is 0. The average molecular weight is 425 g/mol. The Morgan fingerprint density at radius 2 is 1.90 bits per heavy atom. The van der Waals surface area contributed by atoms with Crippen molar-refractivity contribution >= 4 is 17.2 Å². The normalized spacial score (nSPS) is 18.3. The molecule has 1 atom stereocenters. The van der Waals surface area contributed by atoms with E-state index in [2.05, 4.69) is 15.1 Å². The molecule has 0 aliphatic carbocycles. The number of hydrogen-bond acceptors (Lipinski definition) is 4. The van der Waals surface area contributed by atoms with Gasteiger partial charge in [-0.05, 0) is 55.8 Å². The van der Waals surface area contributed by atoms with Gasteiger partial charge in [-0.1, -0.05) is 11.6 Å². The number of aromatic nitrogens is 3. The molecular formula is C20H20ClF3N4O. The number of pyridine rings is 1. The number of piperidine rings is 1. The standard InChI is InChI=1S/C20H20ClF3N4O/c21-16-4-6-17(7-5-16)29-11-10-27-9-1-2-14(12-27)19-26-25-18-8-3-15(13-28(18)19)20(22,23)24/h3-8,13-14H,1-2,9-12H2. The summed E-state index contributed by atoms with van der Waals surface area (Å²) in [5.74, 6) is 1.36. The van der Waals surface area contributed by atoms with Gasteiger partial charge in [-0.25, -0.2) is 0 Å². The van der Waals surface area contributed by atoms with Gasteiger partial charge in [-0.2, -0.15) is 13.2 Å². The van der Waals surface area contributed by atoms with Crippen molar-refractivity contribution in [3.05, 3.63) is 59.0 Å². The van der Waals surface area contributed by atoms with Gasteiger partial charge >= 0.3 is 6.18 Å². The van der Waals surface area contributed by atoms with Crippen LogP contribution in [-0.4, -0.2) is 45.7 Å². The number of fused-ring (bicyclic) bond motifs is 1. The lowest BCUT2D eigenvalue weighted by Crippen LogP contribution is -2.37. The first kappa shape index (κ1) is 20.0. The molecule has 5 nitrogen and oxygen atoms in total. The summed E-state index contributed by atoms with van der Waals surface area (Å²) in [6.07, 6.45) is -1.49. The first-order valence-electron chi connectivity index (χ1n) is 9.43. The van der Waals surface area contributed by atoms with Crippen molar-refractivity contribution in [2.45, 2.75) is 24.9 Å². The van der Waals surface area contributed by atoms with E-state index in [1.807, 2.05) is 12.1 Å². The zero-order chi connectivity index (χ0) is 20.4. The molecule has 29 heavy (non-hydrogen) atoms. The van der Waals surface area contributed by atoms with E-state index >= 15 is 0 Å². The number of benzene rings is 1. The molecule has 0 spiro atoms. The molecule has 1 aliphatic heterocycles. The summed E-state index contributed by atoms with van der Waals surface area (Å²) >= 11 is 5.87. The highest BCUT2D eigenvalue weighted by Crippen LogP contribution is 2.31. The third kappa shape index (κ3) is 4.64. The first-order chi connectivity index (χ1) is 13.9. The monoisotopic (exact) mass is 424 g/mol. The Morgan fingerprint density at radius 3 is 2.66 bits per heavy atom. The summed E-state index contributed by atoms with van der Waals surface area (Å²) in [6, 6.07) is 9.59. The minimum Gasteiger partial charge on any atom is -0.492 e. The first-order valence-corrected chi connectivity index (χ1v) is 9.80. The topological polar surface area (TPSA) is 42.7 Å². The van der Waals surface area contributed by atoms with Crippen molar-refractivity contribution in [2.24, 2.45) is 0 Å². The van der Waals surface area contributed by atoms with E-state index in [1.165, 1.54) is 10.5 Å². The summed E-state index contributed by atoms with van der Waals surface area (Å²) in [6.45, 7) is 2.88. The predicted molar refractivity (Wildman–Crippen MR) is 103 cm³/mol. The molecule has 1 unspecified atom stereocenters. The predicted octanol–water partition coefficient (Wildman–Crippen LogP) is 4.66. The second-order valence-corrected chi connectivity index (χ2v) is 7.58. The second-order valence-electron chi connectivity index (χ2n) is 7.14. The van der Waals surface area contributed by atoms with Crippen LogP contribution < -0.4 is 4.74 Å². The van der Waals surface area contributed by atoms with Gasteiger partial charge in [-0.15, -0.1) is 10.2 Å². The van der Waals surface area contributed by atoms with Crippen LogP contribution >= 0.6 is 11.6 Å². The maximum absolute atomic E-state index is 13.1. The third-order valence-corrected chi connectivity index (χ3v) is 5.37. The summed E-state index contributed by atoms with van der Waals surface area (Å²) in [5.41, 5.74) is -0.272. The quantitative estimate of drug-likeness (QED) is 0.597. The lowest BCUT2D eigenvalue weighted by molar-refractivity contribution is -0.137. The smallest absolute Gasteiger partial charge is 0.417 e. The van der Waals surface area contributed by atoms with Crippen LogP contribution in [0.5, 0.6) is 5.75 Å². The van der Waals surface area contributed by atoms with E-state index in [1.54, 1.807) is 12.1 Å². The Balaban J connectivity index is 1.42. The summed E-state index contributed by atoms with van der Waals surface area (Å²) < 4.78 is 46.5. The number of nitrogens with zero attached hydrogens (tertiary/aromatic N) is 4. The van der Waals surface area contributed by atoms with Crippen LogP contribution in [0.1, 0.15) is 30.1 Å². The molecule has 4 rings (SSSR count). The van der Waals surface area contributed by atoms with Gasteiger partial charge in [0.25, 0.3) is 0 Å². The summed E-state index contributed by atoms with van der Waals surface area (Å²) in [7, 11) is 0. The molecule has 3 heterocycles. The van der Waals surface area contributed by atoms with Crippen molar-refractivity contribution < 1.29 is 17.9 Å². The van der Waals surface area contributed by atoms with Gasteiger partial charge in [-0.3, -0.25) is 9.30 Å². The Morgan fingerprint density at radius 1 is 1.10 bits per heavy atom. The average Bonchev–Trinajstić information content (AvgIpc) is 3.12. The maximum Gasteiger partial charge on any atom is 0.417 e. The van der Waals surface area contributed by atoms with E-state index in [4.69, 9.17) is 16.3 Å². The molecule has 154 valence electrons. The molecule has 2 aromatic heterocycles. The van der Waals surface area contributed by atoms with E-state index < -0.39 is 11.7 Å². The Bertz CT molecular complexity index is 974. The van der Waals surface area contributed by atoms with Gasteiger partial charge in [0.05, 0.1) is 5.56 Å². The molecule has 0 saturated carbocycles. The molecule has 1 aliphatic rings. The van der Waals surface area contributed by atoms with Crippen LogP contribution in [0.3, 0.4) is 0 Å². The highest BCUT2D eigenvalue weighted by molar-refractivity contribution is 6.30. The van der Waals surface area contributed by atoms with Crippen molar-refractivity contribution in [3.63, 3.8) is 0 Å². The van der Waals surface area contributed by atoms with Gasteiger partial charge in [0.1, 0.15) is 18.2 Å². The summed E-state index contributed by atoms with van der Waals surface area (Å²) in [5, 5.41) is 8.89. The Hall–Kier alpha value is -2.32. The molecular weight excluding hydrogens is 405 g/mol. The van der Waals surface area contributed by atoms with Gasteiger partial charge in [0, 0.05) is 30.2 Å². The largest absolute Gasteiger partial charge is 0.492 e. The van der Waals surface area contributed by atoms with Crippen LogP contribution in [-0.2, 0) is 6.18 Å². The minimum atomic E-state index is -4.40. The van der Waals surface area contributed by atoms with Crippen LogP contribution in [0, 0.1) is 0 Å². The molecule has 1 aromatic carbocycles. The van der Waals surface area contributed by atoms with Gasteiger partial charge < -0.3 is 4.74 Å². The second kappa shape index (κ2) is 8.20. The lowest BCUT2D eigenvalue weighted by Gasteiger charge is -2.31. The lowest BCUT2D eigenvalue weighted by atomic mass is 9.97. The molecule has 0 radical (unpaired) electrons. The van der Waals surface area contributed by atoms with Crippen molar-refractivity contribution in [1.82, 2.24) is 19.5 Å². The van der Waals surface area contributed by atoms with Crippen LogP contribution in [0.4, 0.5) is 13.2 Å². The molecule has 3 aromatic rings. The summed E-state index contributed by atoms with van der Waals surface area (Å²) in [4.78, 5) is 2.25. The fourth-order valence-corrected chi connectivity index (χ4v) is 3.77. The van der Waals surface area contributed by atoms with Crippen LogP contribution in [0.15, 0.2) is 42.6 Å². The number of likely N-dealkylation sites (tertiary alicyclic amines) is 1. The molecule has 0 bridgehead atoms. The van der Waals surface area contributed by atoms with E-state index in [0.29, 0.717) is 29.6 Å². The number of halogens is 4. The third-order valence-electron chi connectivity index (χ3n) is 5.12. The van der Waals surface area contributed by atoms with E-state index in [9.17, 15) is 13.2 Å². The SMILES string of the molecule is FC(F)(F)c1ccc2nnc(C3CCCN(CCOc4ccc(Cl)cc4)C3)n2c1.